The predicted molar refractivity (Wildman–Crippen MR) is 77.9 cm³/mol. The molecule has 0 saturated carbocycles. The number of carboxylic acid groups (broad SMARTS) is 1. The molecule has 3 heterocycles. The molecule has 0 bridgehead atoms. The Balaban J connectivity index is 1.89. The Kier molecular flexibility index (Phi) is 3.80. The molecule has 3 rings (SSSR count). The third-order valence-corrected chi connectivity index (χ3v) is 3.97. The summed E-state index contributed by atoms with van der Waals surface area (Å²) in [6, 6.07) is 6.86. The molecule has 112 valence electrons. The van der Waals surface area contributed by atoms with Crippen LogP contribution in [0.15, 0.2) is 58.6 Å². The molecule has 0 saturated heterocycles. The lowest BCUT2D eigenvalue weighted by Gasteiger charge is -2.22. The van der Waals surface area contributed by atoms with Gasteiger partial charge in [0.05, 0.1) is 22.8 Å². The van der Waals surface area contributed by atoms with E-state index >= 15 is 0 Å². The van der Waals surface area contributed by atoms with Crippen molar-refractivity contribution in [3.05, 3.63) is 64.8 Å². The zero-order chi connectivity index (χ0) is 15.5. The summed E-state index contributed by atoms with van der Waals surface area (Å²) in [6.07, 6.45) is 5.03. The number of hydrogen-bond acceptors (Lipinski definition) is 6. The maximum Gasteiger partial charge on any atom is 0.265 e. The van der Waals surface area contributed by atoms with Gasteiger partial charge in [-0.3, -0.25) is 10.2 Å². The van der Waals surface area contributed by atoms with Gasteiger partial charge in [-0.2, -0.15) is 0 Å². The molecule has 1 atom stereocenters. The van der Waals surface area contributed by atoms with Crippen LogP contribution in [-0.4, -0.2) is 16.9 Å². The van der Waals surface area contributed by atoms with Crippen LogP contribution in [0.4, 0.5) is 0 Å². The quantitative estimate of drug-likeness (QED) is 0.853. The van der Waals surface area contributed by atoms with E-state index in [9.17, 15) is 14.7 Å². The highest BCUT2D eigenvalue weighted by atomic mass is 32.1. The van der Waals surface area contributed by atoms with Crippen LogP contribution in [0.2, 0.25) is 0 Å². The normalized spacial score (nSPS) is 17.5. The van der Waals surface area contributed by atoms with Crippen molar-refractivity contribution in [2.24, 2.45) is 0 Å². The topological polar surface area (TPSA) is 85.6 Å². The number of hydrazine groups is 1. The first-order valence-corrected chi connectivity index (χ1v) is 7.31. The number of amides is 1. The van der Waals surface area contributed by atoms with Gasteiger partial charge in [-0.1, -0.05) is 6.07 Å². The maximum absolute atomic E-state index is 12.2. The van der Waals surface area contributed by atoms with E-state index in [-0.39, 0.29) is 0 Å². The SMILES string of the molecule is O=C([O-])C=CC(=O)N1NC(c2cccs2)=C[C@H]1c1ccco1. The molecular formula is C15H11N2O4S-. The molecular weight excluding hydrogens is 304 g/mol. The van der Waals surface area contributed by atoms with Gasteiger partial charge >= 0.3 is 0 Å². The average Bonchev–Trinajstić information content (AvgIpc) is 3.23. The van der Waals surface area contributed by atoms with Crippen molar-refractivity contribution >= 4 is 28.9 Å². The second kappa shape index (κ2) is 5.90. The molecule has 22 heavy (non-hydrogen) atoms. The fourth-order valence-electron chi connectivity index (χ4n) is 2.12. The average molecular weight is 315 g/mol. The van der Waals surface area contributed by atoms with Gasteiger partial charge in [0.25, 0.3) is 5.91 Å². The number of carbonyl (C=O) groups is 2. The Morgan fingerprint density at radius 1 is 1.32 bits per heavy atom. The van der Waals surface area contributed by atoms with E-state index in [4.69, 9.17) is 4.42 Å². The van der Waals surface area contributed by atoms with Gasteiger partial charge in [0.1, 0.15) is 11.8 Å². The molecule has 0 fully saturated rings. The van der Waals surface area contributed by atoms with E-state index in [1.807, 2.05) is 23.6 Å². The van der Waals surface area contributed by atoms with Crippen LogP contribution in [0.1, 0.15) is 16.7 Å². The summed E-state index contributed by atoms with van der Waals surface area (Å²) < 4.78 is 5.36. The van der Waals surface area contributed by atoms with E-state index in [1.54, 1.807) is 12.1 Å². The molecule has 0 aliphatic carbocycles. The van der Waals surface area contributed by atoms with Crippen molar-refractivity contribution in [3.8, 4) is 0 Å². The predicted octanol–water partition coefficient (Wildman–Crippen LogP) is 1.08. The van der Waals surface area contributed by atoms with Crippen LogP contribution in [0.25, 0.3) is 5.70 Å². The summed E-state index contributed by atoms with van der Waals surface area (Å²) in [5.41, 5.74) is 3.76. The number of nitrogens with zero attached hydrogens (tertiary/aromatic N) is 1. The molecule has 1 N–H and O–H groups in total. The largest absolute Gasteiger partial charge is 0.545 e. The third kappa shape index (κ3) is 2.79. The molecule has 0 spiro atoms. The lowest BCUT2D eigenvalue weighted by Crippen LogP contribution is -2.38. The number of furan rings is 1. The summed E-state index contributed by atoms with van der Waals surface area (Å²) in [4.78, 5) is 23.6. The van der Waals surface area contributed by atoms with Crippen molar-refractivity contribution in [2.75, 3.05) is 0 Å². The minimum atomic E-state index is -1.42. The van der Waals surface area contributed by atoms with Crippen LogP contribution in [0.5, 0.6) is 0 Å². The van der Waals surface area contributed by atoms with Crippen LogP contribution in [-0.2, 0) is 9.59 Å². The van der Waals surface area contributed by atoms with Crippen LogP contribution < -0.4 is 10.5 Å². The van der Waals surface area contributed by atoms with Crippen molar-refractivity contribution in [1.82, 2.24) is 10.4 Å². The van der Waals surface area contributed by atoms with E-state index in [0.29, 0.717) is 11.8 Å². The maximum atomic E-state index is 12.2. The van der Waals surface area contributed by atoms with Crippen LogP contribution in [0, 0.1) is 0 Å². The highest BCUT2D eigenvalue weighted by Crippen LogP contribution is 2.33. The number of carboxylic acids is 1. The summed E-state index contributed by atoms with van der Waals surface area (Å²) in [5.74, 6) is -1.35. The number of hydrogen-bond donors (Lipinski definition) is 1. The Morgan fingerprint density at radius 2 is 2.18 bits per heavy atom. The Hall–Kier alpha value is -2.80. The Labute approximate surface area is 129 Å². The van der Waals surface area contributed by atoms with Gasteiger partial charge in [0, 0.05) is 6.08 Å². The van der Waals surface area contributed by atoms with Gasteiger partial charge in [-0.05, 0) is 35.7 Å². The first-order valence-electron chi connectivity index (χ1n) is 6.43. The highest BCUT2D eigenvalue weighted by Gasteiger charge is 2.31. The molecule has 2 aromatic heterocycles. The molecule has 7 heteroatoms. The minimum Gasteiger partial charge on any atom is -0.545 e. The second-order valence-electron chi connectivity index (χ2n) is 4.49. The molecule has 0 radical (unpaired) electrons. The third-order valence-electron chi connectivity index (χ3n) is 3.06. The number of aliphatic carboxylic acids is 1. The summed E-state index contributed by atoms with van der Waals surface area (Å²) in [6.45, 7) is 0. The summed E-state index contributed by atoms with van der Waals surface area (Å²) in [5, 5.41) is 13.7. The molecule has 2 aromatic rings. The first-order chi connectivity index (χ1) is 10.6. The molecule has 1 aliphatic rings. The standard InChI is InChI=1S/C15H12N2O4S/c18-14(5-6-15(19)20)17-11(12-3-1-7-21-12)9-10(16-17)13-4-2-8-22-13/h1-9,11,16H,(H,19,20)/p-1/t11-/m0/s1. The molecule has 0 aromatic carbocycles. The molecule has 0 unspecified atom stereocenters. The Morgan fingerprint density at radius 3 is 2.82 bits per heavy atom. The number of rotatable bonds is 4. The lowest BCUT2D eigenvalue weighted by atomic mass is 10.2. The van der Waals surface area contributed by atoms with Gasteiger partial charge in [-0.25, -0.2) is 5.01 Å². The van der Waals surface area contributed by atoms with Crippen molar-refractivity contribution in [3.63, 3.8) is 0 Å². The smallest absolute Gasteiger partial charge is 0.265 e. The summed E-state index contributed by atoms with van der Waals surface area (Å²) >= 11 is 1.53. The number of nitrogens with one attached hydrogen (secondary N) is 1. The van der Waals surface area contributed by atoms with E-state index in [2.05, 4.69) is 5.43 Å². The monoisotopic (exact) mass is 315 g/mol. The van der Waals surface area contributed by atoms with Gasteiger partial charge in [0.2, 0.25) is 0 Å². The number of thiophene rings is 1. The van der Waals surface area contributed by atoms with E-state index in [0.717, 1.165) is 16.7 Å². The van der Waals surface area contributed by atoms with Crippen LogP contribution >= 0.6 is 11.3 Å². The van der Waals surface area contributed by atoms with E-state index in [1.165, 1.54) is 22.6 Å². The fraction of sp³-hybridized carbons (Fsp3) is 0.0667. The second-order valence-corrected chi connectivity index (χ2v) is 5.44. The first kappa shape index (κ1) is 14.2. The van der Waals surface area contributed by atoms with Gasteiger partial charge in [-0.15, -0.1) is 11.3 Å². The van der Waals surface area contributed by atoms with E-state index < -0.39 is 17.9 Å². The van der Waals surface area contributed by atoms with Crippen molar-refractivity contribution in [1.29, 1.82) is 0 Å². The van der Waals surface area contributed by atoms with Crippen molar-refractivity contribution < 1.29 is 19.1 Å². The minimum absolute atomic E-state index is 0.453. The molecule has 1 aliphatic heterocycles. The zero-order valence-electron chi connectivity index (χ0n) is 11.3. The van der Waals surface area contributed by atoms with Crippen molar-refractivity contribution in [2.45, 2.75) is 6.04 Å². The molecule has 6 nitrogen and oxygen atoms in total. The zero-order valence-corrected chi connectivity index (χ0v) is 12.1. The van der Waals surface area contributed by atoms with Gasteiger partial charge in [0.15, 0.2) is 0 Å². The Bertz CT molecular complexity index is 732. The molecule has 1 amide bonds. The summed E-state index contributed by atoms with van der Waals surface area (Å²) in [7, 11) is 0. The lowest BCUT2D eigenvalue weighted by molar-refractivity contribution is -0.297. The van der Waals surface area contributed by atoms with Crippen LogP contribution in [0.3, 0.4) is 0 Å². The number of carbonyl (C=O) groups excluding carboxylic acids is 2. The fourth-order valence-corrected chi connectivity index (χ4v) is 2.82. The van der Waals surface area contributed by atoms with Gasteiger partial charge < -0.3 is 14.3 Å². The highest BCUT2D eigenvalue weighted by molar-refractivity contribution is 7.11.